The highest BCUT2D eigenvalue weighted by atomic mass is 19.1. The van der Waals surface area contributed by atoms with Crippen LogP contribution in [0.4, 0.5) is 4.39 Å². The molecule has 0 amide bonds. The Morgan fingerprint density at radius 3 is 2.75 bits per heavy atom. The standard InChI is InChI=1S/C6H11FO/c1-2-6-3-5(7)4-8-6/h5-6H,2-4H2,1H3/t5?,6-/m0/s1. The maximum Gasteiger partial charge on any atom is 0.126 e. The minimum Gasteiger partial charge on any atom is -0.375 e. The normalized spacial score (nSPS) is 38.2. The molecule has 0 bridgehead atoms. The first-order chi connectivity index (χ1) is 3.83. The molecule has 2 heteroatoms. The number of halogens is 1. The summed E-state index contributed by atoms with van der Waals surface area (Å²) < 4.78 is 17.3. The molecule has 1 fully saturated rings. The monoisotopic (exact) mass is 118 g/mol. The van der Waals surface area contributed by atoms with E-state index in [0.29, 0.717) is 13.0 Å². The van der Waals surface area contributed by atoms with Crippen LogP contribution in [0.15, 0.2) is 0 Å². The zero-order chi connectivity index (χ0) is 5.98. The van der Waals surface area contributed by atoms with Gasteiger partial charge in [0.1, 0.15) is 6.17 Å². The van der Waals surface area contributed by atoms with Crippen molar-refractivity contribution in [2.75, 3.05) is 6.61 Å². The van der Waals surface area contributed by atoms with Crippen molar-refractivity contribution >= 4 is 0 Å². The van der Waals surface area contributed by atoms with E-state index >= 15 is 0 Å². The van der Waals surface area contributed by atoms with Crippen LogP contribution in [-0.2, 0) is 4.74 Å². The van der Waals surface area contributed by atoms with E-state index in [1.54, 1.807) is 0 Å². The average Bonchev–Trinajstić information content (AvgIpc) is 2.14. The molecule has 1 aliphatic rings. The maximum atomic E-state index is 12.2. The topological polar surface area (TPSA) is 9.23 Å². The van der Waals surface area contributed by atoms with Crippen molar-refractivity contribution in [1.29, 1.82) is 0 Å². The van der Waals surface area contributed by atoms with Crippen LogP contribution in [0.25, 0.3) is 0 Å². The molecule has 2 atom stereocenters. The minimum atomic E-state index is -0.694. The van der Waals surface area contributed by atoms with Gasteiger partial charge in [0.2, 0.25) is 0 Å². The minimum absolute atomic E-state index is 0.199. The van der Waals surface area contributed by atoms with Crippen LogP contribution in [-0.4, -0.2) is 18.9 Å². The second-order valence-electron chi connectivity index (χ2n) is 2.20. The van der Waals surface area contributed by atoms with Crippen LogP contribution < -0.4 is 0 Å². The first kappa shape index (κ1) is 6.02. The number of rotatable bonds is 1. The number of alkyl halides is 1. The Morgan fingerprint density at radius 1 is 1.75 bits per heavy atom. The molecule has 0 saturated carbocycles. The number of hydrogen-bond acceptors (Lipinski definition) is 1. The van der Waals surface area contributed by atoms with Gasteiger partial charge in [-0.3, -0.25) is 0 Å². The predicted octanol–water partition coefficient (Wildman–Crippen LogP) is 1.52. The highest BCUT2D eigenvalue weighted by molar-refractivity contribution is 4.70. The quantitative estimate of drug-likeness (QED) is 0.507. The van der Waals surface area contributed by atoms with Crippen molar-refractivity contribution in [3.8, 4) is 0 Å². The average molecular weight is 118 g/mol. The molecular formula is C6H11FO. The molecule has 1 unspecified atom stereocenters. The second-order valence-corrected chi connectivity index (χ2v) is 2.20. The van der Waals surface area contributed by atoms with Crippen molar-refractivity contribution in [2.24, 2.45) is 0 Å². The molecule has 0 aromatic heterocycles. The van der Waals surface area contributed by atoms with E-state index in [-0.39, 0.29) is 6.10 Å². The van der Waals surface area contributed by atoms with Crippen molar-refractivity contribution in [3.05, 3.63) is 0 Å². The molecule has 1 aliphatic heterocycles. The van der Waals surface area contributed by atoms with Crippen molar-refractivity contribution < 1.29 is 9.13 Å². The molecule has 1 heterocycles. The van der Waals surface area contributed by atoms with Crippen molar-refractivity contribution in [2.45, 2.75) is 32.0 Å². The van der Waals surface area contributed by atoms with Gasteiger partial charge in [0, 0.05) is 6.42 Å². The fraction of sp³-hybridized carbons (Fsp3) is 1.00. The smallest absolute Gasteiger partial charge is 0.126 e. The van der Waals surface area contributed by atoms with Gasteiger partial charge < -0.3 is 4.74 Å². The van der Waals surface area contributed by atoms with Gasteiger partial charge in [-0.05, 0) is 6.42 Å². The molecule has 0 aromatic carbocycles. The Hall–Kier alpha value is -0.110. The van der Waals surface area contributed by atoms with Crippen LogP contribution in [0, 0.1) is 0 Å². The van der Waals surface area contributed by atoms with Crippen LogP contribution in [0.5, 0.6) is 0 Å². The van der Waals surface area contributed by atoms with E-state index in [9.17, 15) is 4.39 Å². The lowest BCUT2D eigenvalue weighted by molar-refractivity contribution is 0.101. The van der Waals surface area contributed by atoms with E-state index in [1.807, 2.05) is 6.92 Å². The summed E-state index contributed by atoms with van der Waals surface area (Å²) in [5.74, 6) is 0. The summed E-state index contributed by atoms with van der Waals surface area (Å²) in [6.07, 6.45) is 1.06. The Labute approximate surface area is 48.8 Å². The fourth-order valence-corrected chi connectivity index (χ4v) is 0.946. The van der Waals surface area contributed by atoms with Crippen molar-refractivity contribution in [3.63, 3.8) is 0 Å². The first-order valence-electron chi connectivity index (χ1n) is 3.08. The predicted molar refractivity (Wildman–Crippen MR) is 29.5 cm³/mol. The Balaban J connectivity index is 2.22. The Kier molecular flexibility index (Phi) is 1.84. The van der Waals surface area contributed by atoms with E-state index in [4.69, 9.17) is 4.74 Å². The van der Waals surface area contributed by atoms with E-state index in [2.05, 4.69) is 0 Å². The van der Waals surface area contributed by atoms with E-state index in [1.165, 1.54) is 0 Å². The zero-order valence-electron chi connectivity index (χ0n) is 5.06. The molecule has 48 valence electrons. The van der Waals surface area contributed by atoms with Crippen LogP contribution in [0.3, 0.4) is 0 Å². The third-order valence-corrected chi connectivity index (χ3v) is 1.49. The van der Waals surface area contributed by atoms with Crippen LogP contribution >= 0.6 is 0 Å². The number of hydrogen-bond donors (Lipinski definition) is 0. The maximum absolute atomic E-state index is 12.2. The molecule has 1 nitrogen and oxygen atoms in total. The fourth-order valence-electron chi connectivity index (χ4n) is 0.946. The lowest BCUT2D eigenvalue weighted by atomic mass is 10.2. The summed E-state index contributed by atoms with van der Waals surface area (Å²) in [6, 6.07) is 0. The highest BCUT2D eigenvalue weighted by Crippen LogP contribution is 2.17. The molecule has 1 rings (SSSR count). The van der Waals surface area contributed by atoms with Gasteiger partial charge in [0.05, 0.1) is 12.7 Å². The summed E-state index contributed by atoms with van der Waals surface area (Å²) in [4.78, 5) is 0. The molecule has 0 aromatic rings. The second kappa shape index (κ2) is 2.44. The van der Waals surface area contributed by atoms with Gasteiger partial charge in [-0.2, -0.15) is 0 Å². The summed E-state index contributed by atoms with van der Waals surface area (Å²) in [5.41, 5.74) is 0. The third kappa shape index (κ3) is 1.19. The lowest BCUT2D eigenvalue weighted by Gasteiger charge is -2.00. The van der Waals surface area contributed by atoms with Crippen molar-refractivity contribution in [1.82, 2.24) is 0 Å². The van der Waals surface area contributed by atoms with Gasteiger partial charge >= 0.3 is 0 Å². The highest BCUT2D eigenvalue weighted by Gasteiger charge is 2.22. The summed E-state index contributed by atoms with van der Waals surface area (Å²) in [6.45, 7) is 2.33. The van der Waals surface area contributed by atoms with Gasteiger partial charge in [-0.1, -0.05) is 6.92 Å². The molecule has 1 saturated heterocycles. The lowest BCUT2D eigenvalue weighted by Crippen LogP contribution is -2.01. The van der Waals surface area contributed by atoms with Gasteiger partial charge in [-0.15, -0.1) is 0 Å². The zero-order valence-corrected chi connectivity index (χ0v) is 5.06. The van der Waals surface area contributed by atoms with Crippen LogP contribution in [0.2, 0.25) is 0 Å². The Morgan fingerprint density at radius 2 is 2.50 bits per heavy atom. The SMILES string of the molecule is CC[C@H]1CC(F)CO1. The van der Waals surface area contributed by atoms with Gasteiger partial charge in [0.25, 0.3) is 0 Å². The molecule has 8 heavy (non-hydrogen) atoms. The molecular weight excluding hydrogens is 107 g/mol. The van der Waals surface area contributed by atoms with Gasteiger partial charge in [0.15, 0.2) is 0 Å². The summed E-state index contributed by atoms with van der Waals surface area (Å²) in [5, 5.41) is 0. The van der Waals surface area contributed by atoms with Gasteiger partial charge in [-0.25, -0.2) is 4.39 Å². The summed E-state index contributed by atoms with van der Waals surface area (Å²) >= 11 is 0. The van der Waals surface area contributed by atoms with Crippen LogP contribution in [0.1, 0.15) is 19.8 Å². The summed E-state index contributed by atoms with van der Waals surface area (Å²) in [7, 11) is 0. The third-order valence-electron chi connectivity index (χ3n) is 1.49. The molecule has 0 spiro atoms. The molecule has 0 N–H and O–H groups in total. The Bertz CT molecular complexity index is 74.9. The first-order valence-corrected chi connectivity index (χ1v) is 3.08. The van der Waals surface area contributed by atoms with E-state index < -0.39 is 6.17 Å². The number of ether oxygens (including phenoxy) is 1. The van der Waals surface area contributed by atoms with E-state index in [0.717, 1.165) is 6.42 Å². The molecule has 0 radical (unpaired) electrons. The largest absolute Gasteiger partial charge is 0.375 e. The molecule has 0 aliphatic carbocycles.